The van der Waals surface area contributed by atoms with E-state index in [-0.39, 0.29) is 11.1 Å². The third kappa shape index (κ3) is 1.16. The van der Waals surface area contributed by atoms with Gasteiger partial charge in [0.15, 0.2) is 0 Å². The molecule has 0 spiro atoms. The minimum Gasteiger partial charge on any atom is -0.268 e. The Labute approximate surface area is 88.9 Å². The van der Waals surface area contributed by atoms with Crippen molar-refractivity contribution in [1.82, 2.24) is 24.2 Å². The Morgan fingerprint density at radius 1 is 0.938 bits per heavy atom. The molecule has 0 radical (unpaired) electrons. The summed E-state index contributed by atoms with van der Waals surface area (Å²) in [5, 5.41) is 9.11. The summed E-state index contributed by atoms with van der Waals surface area (Å²) in [4.78, 5) is 23.0. The SMILES string of the molecule is O=c1ccc(=O)n2n1CN(n1cnnc1)C2. The third-order valence-electron chi connectivity index (χ3n) is 2.50. The average molecular weight is 220 g/mol. The number of nitrogens with zero attached hydrogens (tertiary/aromatic N) is 6. The predicted octanol–water partition coefficient (Wildman–Crippen LogP) is -1.83. The number of fused-ring (bicyclic) bond motifs is 1. The Kier molecular flexibility index (Phi) is 1.70. The molecule has 0 saturated heterocycles. The van der Waals surface area contributed by atoms with Crippen LogP contribution < -0.4 is 16.1 Å². The summed E-state index contributed by atoms with van der Waals surface area (Å²) in [6, 6.07) is 2.54. The molecule has 3 heterocycles. The standard InChI is InChI=1S/C8H8N6O2/c15-7-1-2-8(16)14-6-12(5-13(7)14)11-3-9-10-4-11/h1-4H,5-6H2. The summed E-state index contributed by atoms with van der Waals surface area (Å²) in [6.07, 6.45) is 3.03. The highest BCUT2D eigenvalue weighted by Gasteiger charge is 2.19. The van der Waals surface area contributed by atoms with Crippen molar-refractivity contribution in [3.05, 3.63) is 45.5 Å². The maximum atomic E-state index is 11.5. The topological polar surface area (TPSA) is 78.0 Å². The van der Waals surface area contributed by atoms with E-state index in [9.17, 15) is 9.59 Å². The second-order valence-electron chi connectivity index (χ2n) is 3.44. The van der Waals surface area contributed by atoms with Gasteiger partial charge in [0.1, 0.15) is 26.0 Å². The van der Waals surface area contributed by atoms with Crippen LogP contribution in [0.25, 0.3) is 0 Å². The van der Waals surface area contributed by atoms with Gasteiger partial charge < -0.3 is 0 Å². The lowest BCUT2D eigenvalue weighted by Crippen LogP contribution is -2.32. The van der Waals surface area contributed by atoms with Gasteiger partial charge in [0.2, 0.25) is 0 Å². The van der Waals surface area contributed by atoms with Gasteiger partial charge in [-0.1, -0.05) is 0 Å². The normalized spacial score (nSPS) is 14.1. The van der Waals surface area contributed by atoms with Gasteiger partial charge in [-0.25, -0.2) is 14.0 Å². The van der Waals surface area contributed by atoms with Crippen LogP contribution in [-0.4, -0.2) is 24.2 Å². The molecule has 0 atom stereocenters. The molecule has 1 aliphatic heterocycles. The van der Waals surface area contributed by atoms with E-state index in [1.807, 2.05) is 0 Å². The lowest BCUT2D eigenvalue weighted by atomic mass is 10.5. The first-order chi connectivity index (χ1) is 7.75. The fraction of sp³-hybridized carbons (Fsp3) is 0.250. The first kappa shape index (κ1) is 8.89. The van der Waals surface area contributed by atoms with E-state index < -0.39 is 0 Å². The molecule has 8 heteroatoms. The van der Waals surface area contributed by atoms with E-state index in [0.717, 1.165) is 0 Å². The molecule has 2 aromatic rings. The van der Waals surface area contributed by atoms with E-state index in [4.69, 9.17) is 0 Å². The van der Waals surface area contributed by atoms with Crippen molar-refractivity contribution in [3.63, 3.8) is 0 Å². The van der Waals surface area contributed by atoms with E-state index >= 15 is 0 Å². The molecule has 0 aliphatic carbocycles. The van der Waals surface area contributed by atoms with Crippen molar-refractivity contribution in [2.45, 2.75) is 13.3 Å². The van der Waals surface area contributed by atoms with Crippen molar-refractivity contribution < 1.29 is 0 Å². The maximum Gasteiger partial charge on any atom is 0.267 e. The highest BCUT2D eigenvalue weighted by Crippen LogP contribution is 2.00. The number of aromatic nitrogens is 5. The van der Waals surface area contributed by atoms with Crippen LogP contribution in [0, 0.1) is 0 Å². The van der Waals surface area contributed by atoms with Gasteiger partial charge in [0.25, 0.3) is 11.1 Å². The van der Waals surface area contributed by atoms with Gasteiger partial charge in [0.05, 0.1) is 0 Å². The van der Waals surface area contributed by atoms with Crippen molar-refractivity contribution in [2.75, 3.05) is 5.01 Å². The molecule has 2 aromatic heterocycles. The minimum atomic E-state index is -0.199. The summed E-state index contributed by atoms with van der Waals surface area (Å²) >= 11 is 0. The van der Waals surface area contributed by atoms with Crippen molar-refractivity contribution >= 4 is 0 Å². The smallest absolute Gasteiger partial charge is 0.267 e. The first-order valence-electron chi connectivity index (χ1n) is 4.66. The number of hydrogen-bond acceptors (Lipinski definition) is 5. The summed E-state index contributed by atoms with van der Waals surface area (Å²) in [5.74, 6) is 0. The quantitative estimate of drug-likeness (QED) is 0.564. The van der Waals surface area contributed by atoms with E-state index in [1.165, 1.54) is 34.2 Å². The summed E-state index contributed by atoms with van der Waals surface area (Å²) < 4.78 is 4.39. The van der Waals surface area contributed by atoms with Crippen LogP contribution in [0.5, 0.6) is 0 Å². The molecule has 8 nitrogen and oxygen atoms in total. The molecular weight excluding hydrogens is 212 g/mol. The second kappa shape index (κ2) is 3.05. The van der Waals surface area contributed by atoms with Gasteiger partial charge in [0, 0.05) is 12.1 Å². The molecule has 3 rings (SSSR count). The molecule has 0 saturated carbocycles. The van der Waals surface area contributed by atoms with Crippen LogP contribution in [0.15, 0.2) is 34.4 Å². The lowest BCUT2D eigenvalue weighted by molar-refractivity contribution is 0.548. The van der Waals surface area contributed by atoms with Crippen LogP contribution in [-0.2, 0) is 13.3 Å². The van der Waals surface area contributed by atoms with Gasteiger partial charge >= 0.3 is 0 Å². The van der Waals surface area contributed by atoms with Crippen molar-refractivity contribution in [2.24, 2.45) is 0 Å². The maximum absolute atomic E-state index is 11.5. The predicted molar refractivity (Wildman–Crippen MR) is 53.2 cm³/mol. The second-order valence-corrected chi connectivity index (χ2v) is 3.44. The van der Waals surface area contributed by atoms with Gasteiger partial charge in [-0.3, -0.25) is 14.6 Å². The fourth-order valence-electron chi connectivity index (χ4n) is 1.69. The summed E-state index contributed by atoms with van der Waals surface area (Å²) in [6.45, 7) is 0.625. The third-order valence-corrected chi connectivity index (χ3v) is 2.50. The highest BCUT2D eigenvalue weighted by atomic mass is 16.2. The van der Waals surface area contributed by atoms with Crippen LogP contribution in [0.4, 0.5) is 0 Å². The first-order valence-corrected chi connectivity index (χ1v) is 4.66. The Morgan fingerprint density at radius 2 is 1.44 bits per heavy atom. The zero-order valence-corrected chi connectivity index (χ0v) is 8.22. The molecule has 1 aliphatic rings. The van der Waals surface area contributed by atoms with E-state index in [0.29, 0.717) is 13.3 Å². The van der Waals surface area contributed by atoms with Gasteiger partial charge in [-0.05, 0) is 0 Å². The molecule has 0 N–H and O–H groups in total. The molecular formula is C8H8N6O2. The van der Waals surface area contributed by atoms with Gasteiger partial charge in [-0.15, -0.1) is 10.2 Å². The summed E-state index contributed by atoms with van der Waals surface area (Å²) in [7, 11) is 0. The fourth-order valence-corrected chi connectivity index (χ4v) is 1.69. The largest absolute Gasteiger partial charge is 0.268 e. The van der Waals surface area contributed by atoms with Crippen LogP contribution >= 0.6 is 0 Å². The van der Waals surface area contributed by atoms with Gasteiger partial charge in [-0.2, -0.15) is 0 Å². The van der Waals surface area contributed by atoms with Crippen molar-refractivity contribution in [3.8, 4) is 0 Å². The molecule has 16 heavy (non-hydrogen) atoms. The van der Waals surface area contributed by atoms with E-state index in [2.05, 4.69) is 10.2 Å². The van der Waals surface area contributed by atoms with E-state index in [1.54, 1.807) is 9.69 Å². The number of rotatable bonds is 1. The summed E-state index contributed by atoms with van der Waals surface area (Å²) in [5.41, 5.74) is -0.398. The molecule has 0 unspecified atom stereocenters. The Morgan fingerprint density at radius 3 is 1.94 bits per heavy atom. The van der Waals surface area contributed by atoms with Crippen LogP contribution in [0.3, 0.4) is 0 Å². The Hall–Kier alpha value is -2.38. The Balaban J connectivity index is 2.07. The highest BCUT2D eigenvalue weighted by molar-refractivity contribution is 4.94. The minimum absolute atomic E-state index is 0.199. The molecule has 0 bridgehead atoms. The number of hydrogen-bond donors (Lipinski definition) is 0. The molecule has 0 aromatic carbocycles. The van der Waals surface area contributed by atoms with Crippen LogP contribution in [0.2, 0.25) is 0 Å². The zero-order valence-electron chi connectivity index (χ0n) is 8.22. The Bertz CT molecular complexity index is 586. The average Bonchev–Trinajstić information content (AvgIpc) is 2.90. The molecule has 0 fully saturated rings. The zero-order chi connectivity index (χ0) is 11.1. The molecule has 0 amide bonds. The molecule has 82 valence electrons. The monoisotopic (exact) mass is 220 g/mol. The lowest BCUT2D eigenvalue weighted by Gasteiger charge is -2.14. The van der Waals surface area contributed by atoms with Crippen molar-refractivity contribution in [1.29, 1.82) is 0 Å². The van der Waals surface area contributed by atoms with Crippen LogP contribution in [0.1, 0.15) is 0 Å².